The number of carboxylic acid groups (broad SMARTS) is 2. The van der Waals surface area contributed by atoms with Crippen LogP contribution in [0.2, 0.25) is 0 Å². The molecule has 1 aliphatic rings. The van der Waals surface area contributed by atoms with Crippen molar-refractivity contribution in [2.24, 2.45) is 5.73 Å². The van der Waals surface area contributed by atoms with E-state index in [0.717, 1.165) is 46.5 Å². The second-order valence-electron chi connectivity index (χ2n) is 11.8. The molecule has 4 N–H and O–H groups in total. The molecule has 2 heterocycles. The summed E-state index contributed by atoms with van der Waals surface area (Å²) in [5.74, 6) is -4.80. The summed E-state index contributed by atoms with van der Waals surface area (Å²) in [6.07, 6.45) is -2.88. The number of methoxy groups -OCH3 is 1. The van der Waals surface area contributed by atoms with Crippen molar-refractivity contribution in [3.8, 4) is 11.4 Å². The summed E-state index contributed by atoms with van der Waals surface area (Å²) in [4.78, 5) is 50.5. The number of rotatable bonds is 8. The van der Waals surface area contributed by atoms with Gasteiger partial charge in [-0.25, -0.2) is 14.6 Å². The Labute approximate surface area is 305 Å². The first-order chi connectivity index (χ1) is 25.3. The number of hydrogen-bond acceptors (Lipinski definition) is 7. The highest BCUT2D eigenvalue weighted by atomic mass is 19.4. The third kappa shape index (κ3) is 11.5. The van der Waals surface area contributed by atoms with Gasteiger partial charge in [-0.15, -0.1) is 0 Å². The first-order valence-corrected chi connectivity index (χ1v) is 16.0. The Balaban J connectivity index is 0.000000476. The number of amides is 1. The molecule has 0 radical (unpaired) electrons. The van der Waals surface area contributed by atoms with Crippen LogP contribution >= 0.6 is 0 Å². The van der Waals surface area contributed by atoms with E-state index < -0.39 is 24.3 Å². The number of hydrogen-bond donors (Lipinski definition) is 3. The number of carboxylic acids is 2. The number of aryl methyl sites for hydroxylation is 1. The normalized spacial score (nSPS) is 14.3. The Bertz CT molecular complexity index is 1950. The van der Waals surface area contributed by atoms with Crippen LogP contribution in [0, 0.1) is 6.92 Å². The second kappa shape index (κ2) is 18.2. The Kier molecular flexibility index (Phi) is 14.3. The molecule has 1 aliphatic heterocycles. The molecule has 288 valence electrons. The van der Waals surface area contributed by atoms with Crippen LogP contribution in [-0.4, -0.2) is 74.3 Å². The van der Waals surface area contributed by atoms with E-state index in [2.05, 4.69) is 4.98 Å². The number of ketones is 1. The van der Waals surface area contributed by atoms with Crippen molar-refractivity contribution in [2.45, 2.75) is 51.6 Å². The number of aromatic nitrogens is 2. The number of halogens is 6. The number of benzene rings is 3. The van der Waals surface area contributed by atoms with E-state index in [-0.39, 0.29) is 17.7 Å². The minimum Gasteiger partial charge on any atom is -0.495 e. The lowest BCUT2D eigenvalue weighted by Crippen LogP contribution is -2.38. The van der Waals surface area contributed by atoms with Crippen LogP contribution in [0.1, 0.15) is 64.1 Å². The number of imidazole rings is 1. The summed E-state index contributed by atoms with van der Waals surface area (Å²) in [5, 5.41) is 14.2. The molecule has 1 aromatic heterocycles. The van der Waals surface area contributed by atoms with Crippen molar-refractivity contribution in [3.05, 3.63) is 118 Å². The van der Waals surface area contributed by atoms with E-state index in [9.17, 15) is 35.9 Å². The Hall–Kier alpha value is -5.97. The molecule has 0 spiro atoms. The van der Waals surface area contributed by atoms with E-state index in [4.69, 9.17) is 30.3 Å². The van der Waals surface area contributed by atoms with Crippen LogP contribution in [0.5, 0.6) is 5.75 Å². The summed E-state index contributed by atoms with van der Waals surface area (Å²) < 4.78 is 71.0. The van der Waals surface area contributed by atoms with Gasteiger partial charge in [0.1, 0.15) is 5.75 Å². The van der Waals surface area contributed by atoms with E-state index in [0.29, 0.717) is 30.0 Å². The fourth-order valence-electron chi connectivity index (χ4n) is 5.14. The zero-order valence-corrected chi connectivity index (χ0v) is 29.1. The molecular formula is C37H36F6N4O7. The lowest BCUT2D eigenvalue weighted by molar-refractivity contribution is -0.193. The van der Waals surface area contributed by atoms with Crippen molar-refractivity contribution in [3.63, 3.8) is 0 Å². The van der Waals surface area contributed by atoms with Crippen LogP contribution in [0.25, 0.3) is 11.8 Å². The van der Waals surface area contributed by atoms with Gasteiger partial charge in [-0.1, -0.05) is 54.6 Å². The van der Waals surface area contributed by atoms with Crippen molar-refractivity contribution in [2.75, 3.05) is 13.7 Å². The smallest absolute Gasteiger partial charge is 0.490 e. The van der Waals surface area contributed by atoms with E-state index in [1.165, 1.54) is 0 Å². The van der Waals surface area contributed by atoms with E-state index in [1.54, 1.807) is 13.4 Å². The average Bonchev–Trinajstić information content (AvgIpc) is 3.57. The molecule has 4 aromatic rings. The third-order valence-electron chi connectivity index (χ3n) is 7.97. The number of likely N-dealkylation sites (tertiary alicyclic amines) is 1. The molecule has 1 fully saturated rings. The highest BCUT2D eigenvalue weighted by Gasteiger charge is 2.39. The zero-order valence-electron chi connectivity index (χ0n) is 29.1. The van der Waals surface area contributed by atoms with Gasteiger partial charge in [0.25, 0.3) is 0 Å². The molecular weight excluding hydrogens is 726 g/mol. The van der Waals surface area contributed by atoms with Crippen LogP contribution < -0.4 is 10.5 Å². The fraction of sp³-hybridized carbons (Fsp3) is 0.270. The zero-order chi connectivity index (χ0) is 40.4. The largest absolute Gasteiger partial charge is 0.495 e. The molecule has 54 heavy (non-hydrogen) atoms. The van der Waals surface area contributed by atoms with Gasteiger partial charge in [0.15, 0.2) is 5.78 Å². The predicted octanol–water partition coefficient (Wildman–Crippen LogP) is 6.91. The lowest BCUT2D eigenvalue weighted by atomic mass is 9.96. The Morgan fingerprint density at radius 2 is 1.46 bits per heavy atom. The predicted molar refractivity (Wildman–Crippen MR) is 184 cm³/mol. The number of aliphatic carboxylic acids is 2. The number of piperidine rings is 1. The molecule has 1 atom stereocenters. The van der Waals surface area contributed by atoms with Crippen molar-refractivity contribution >= 4 is 29.7 Å². The Morgan fingerprint density at radius 1 is 0.926 bits per heavy atom. The van der Waals surface area contributed by atoms with Gasteiger partial charge in [0.05, 0.1) is 30.9 Å². The Morgan fingerprint density at radius 3 is 1.93 bits per heavy atom. The number of nitrogens with two attached hydrogens (primary N) is 1. The van der Waals surface area contributed by atoms with Crippen molar-refractivity contribution in [1.82, 2.24) is 14.5 Å². The van der Waals surface area contributed by atoms with Crippen molar-refractivity contribution < 1.29 is 60.5 Å². The summed E-state index contributed by atoms with van der Waals surface area (Å²) in [6.45, 7) is 5.11. The maximum Gasteiger partial charge on any atom is 0.490 e. The molecule has 11 nitrogen and oxygen atoms in total. The highest BCUT2D eigenvalue weighted by Crippen LogP contribution is 2.31. The molecule has 0 saturated carbocycles. The van der Waals surface area contributed by atoms with Gasteiger partial charge in [0.2, 0.25) is 5.91 Å². The quantitative estimate of drug-likeness (QED) is 0.0983. The minimum atomic E-state index is -5.08. The lowest BCUT2D eigenvalue weighted by Gasteiger charge is -2.34. The fourth-order valence-corrected chi connectivity index (χ4v) is 5.14. The van der Waals surface area contributed by atoms with Crippen LogP contribution in [0.3, 0.4) is 0 Å². The molecule has 1 amide bonds. The van der Waals surface area contributed by atoms with Crippen LogP contribution in [0.15, 0.2) is 84.8 Å². The number of ether oxygens (including phenoxy) is 1. The summed E-state index contributed by atoms with van der Waals surface area (Å²) >= 11 is 0. The maximum absolute atomic E-state index is 13.6. The number of alkyl halides is 6. The standard InChI is InChI=1S/C33H34N4O3.2C2HF3O2/c1-22-20-36(21-35-22)30-15-8-25(18-31(30)40-3)17-29-5-4-16-37(33(29)39)23(2)26-11-13-28(14-12-26)32(38)27-9-6-24(19-34)7-10-27;2*3-2(4,5)1(6)7/h6-15,17-18,20-21,23H,4-5,16,19,34H2,1-3H3;2*(H,6,7)/b29-17+;;/t23-;;/m0../s1. The molecule has 3 aromatic carbocycles. The molecule has 0 aliphatic carbocycles. The SMILES string of the molecule is COc1cc(/C=C2\CCCN([C@@H](C)c3ccc(C(=O)c4ccc(CN)cc4)cc3)C2=O)ccc1-n1cnc(C)c1.O=C(O)C(F)(F)F.O=C(O)C(F)(F)F. The van der Waals surface area contributed by atoms with Gasteiger partial charge in [-0.3, -0.25) is 9.59 Å². The van der Waals surface area contributed by atoms with Crippen LogP contribution in [-0.2, 0) is 20.9 Å². The number of nitrogens with zero attached hydrogens (tertiary/aromatic N) is 3. The molecule has 0 bridgehead atoms. The number of carbonyl (C=O) groups excluding carboxylic acids is 2. The van der Waals surface area contributed by atoms with Gasteiger partial charge < -0.3 is 30.2 Å². The first-order valence-electron chi connectivity index (χ1n) is 16.0. The van der Waals surface area contributed by atoms with Crippen LogP contribution in [0.4, 0.5) is 26.3 Å². The van der Waals surface area contributed by atoms with Gasteiger partial charge in [-0.2, -0.15) is 26.3 Å². The van der Waals surface area contributed by atoms with Crippen molar-refractivity contribution in [1.29, 1.82) is 0 Å². The molecule has 17 heteroatoms. The second-order valence-corrected chi connectivity index (χ2v) is 11.8. The summed E-state index contributed by atoms with van der Waals surface area (Å²) in [5.41, 5.74) is 12.4. The topological polar surface area (TPSA) is 165 Å². The van der Waals surface area contributed by atoms with Gasteiger partial charge >= 0.3 is 24.3 Å². The molecule has 5 rings (SSSR count). The summed E-state index contributed by atoms with van der Waals surface area (Å²) in [7, 11) is 1.64. The number of carbonyl (C=O) groups is 4. The minimum absolute atomic E-state index is 0.0344. The highest BCUT2D eigenvalue weighted by molar-refractivity contribution is 6.09. The maximum atomic E-state index is 13.6. The van der Waals surface area contributed by atoms with Gasteiger partial charge in [0, 0.05) is 36.0 Å². The first kappa shape index (κ1) is 42.4. The van der Waals surface area contributed by atoms with Gasteiger partial charge in [-0.05, 0) is 61.6 Å². The monoisotopic (exact) mass is 762 g/mol. The summed E-state index contributed by atoms with van der Waals surface area (Å²) in [6, 6.07) is 20.7. The van der Waals surface area contributed by atoms with E-state index >= 15 is 0 Å². The van der Waals surface area contributed by atoms with E-state index in [1.807, 2.05) is 102 Å². The third-order valence-corrected chi connectivity index (χ3v) is 7.97. The molecule has 1 saturated heterocycles. The molecule has 0 unspecified atom stereocenters. The average molecular weight is 763 g/mol.